The molecular weight excluding hydrogens is 372 g/mol. The summed E-state index contributed by atoms with van der Waals surface area (Å²) in [5.41, 5.74) is 0.883. The second kappa shape index (κ2) is 9.15. The maximum atomic E-state index is 12.8. The van der Waals surface area contributed by atoms with Crippen molar-refractivity contribution in [1.82, 2.24) is 20.0 Å². The van der Waals surface area contributed by atoms with Gasteiger partial charge in [0.2, 0.25) is 0 Å². The number of amides is 4. The second-order valence-electron chi connectivity index (χ2n) is 7.86. The number of carbonyl (C=O) groups excluding carboxylic acids is 3. The molecular formula is C21H30N4O4. The molecule has 0 aromatic heterocycles. The van der Waals surface area contributed by atoms with Crippen LogP contribution < -0.4 is 10.1 Å². The first kappa shape index (κ1) is 21.0. The highest BCUT2D eigenvalue weighted by Gasteiger charge is 2.38. The fourth-order valence-corrected chi connectivity index (χ4v) is 3.95. The fraction of sp³-hybridized carbons (Fsp3) is 0.571. The van der Waals surface area contributed by atoms with Gasteiger partial charge in [0, 0.05) is 50.4 Å². The summed E-state index contributed by atoms with van der Waals surface area (Å²) in [6.07, 6.45) is 1.38. The summed E-state index contributed by atoms with van der Waals surface area (Å²) >= 11 is 0. The third-order valence-corrected chi connectivity index (χ3v) is 5.50. The van der Waals surface area contributed by atoms with Crippen LogP contribution in [-0.4, -0.2) is 77.9 Å². The van der Waals surface area contributed by atoms with E-state index in [-0.39, 0.29) is 18.1 Å². The normalized spacial score (nSPS) is 18.4. The predicted molar refractivity (Wildman–Crippen MR) is 108 cm³/mol. The Morgan fingerprint density at radius 1 is 1.10 bits per heavy atom. The van der Waals surface area contributed by atoms with Crippen LogP contribution in [0.25, 0.3) is 0 Å². The topological polar surface area (TPSA) is 82.2 Å². The molecule has 158 valence electrons. The van der Waals surface area contributed by atoms with Crippen LogP contribution in [0.15, 0.2) is 24.3 Å². The van der Waals surface area contributed by atoms with E-state index in [0.717, 1.165) is 5.56 Å². The van der Waals surface area contributed by atoms with Crippen LogP contribution in [0.4, 0.5) is 4.79 Å². The van der Waals surface area contributed by atoms with Crippen molar-refractivity contribution in [3.8, 4) is 5.75 Å². The Kier molecular flexibility index (Phi) is 6.61. The number of urea groups is 1. The summed E-state index contributed by atoms with van der Waals surface area (Å²) in [5.74, 6) is -0.208. The summed E-state index contributed by atoms with van der Waals surface area (Å²) in [6, 6.07) is 7.55. The third-order valence-electron chi connectivity index (χ3n) is 5.50. The first-order chi connectivity index (χ1) is 13.9. The molecule has 0 spiro atoms. The zero-order valence-electron chi connectivity index (χ0n) is 17.4. The van der Waals surface area contributed by atoms with Crippen LogP contribution in [0.1, 0.15) is 32.3 Å². The van der Waals surface area contributed by atoms with E-state index in [2.05, 4.69) is 5.32 Å². The van der Waals surface area contributed by atoms with Gasteiger partial charge in [0.1, 0.15) is 5.75 Å². The highest BCUT2D eigenvalue weighted by Crippen LogP contribution is 2.23. The Hall–Kier alpha value is -2.77. The lowest BCUT2D eigenvalue weighted by Crippen LogP contribution is -2.59. The summed E-state index contributed by atoms with van der Waals surface area (Å²) in [7, 11) is 1.59. The van der Waals surface area contributed by atoms with Gasteiger partial charge >= 0.3 is 17.8 Å². The Morgan fingerprint density at radius 2 is 1.79 bits per heavy atom. The highest BCUT2D eigenvalue weighted by molar-refractivity contribution is 6.35. The standard InChI is InChI=1S/C21H30N4O4/c1-15(2)22-21(28)23-10-8-17(9-11-23)25-13-12-24(19(26)20(25)27)14-16-6-4-5-7-18(16)29-3/h4-7,15,17H,8-14H2,1-3H3,(H,22,28). The number of nitrogens with one attached hydrogen (secondary N) is 1. The van der Waals surface area contributed by atoms with Crippen molar-refractivity contribution < 1.29 is 19.1 Å². The van der Waals surface area contributed by atoms with Gasteiger partial charge in [0.25, 0.3) is 0 Å². The van der Waals surface area contributed by atoms with Gasteiger partial charge in [0.05, 0.1) is 7.11 Å². The molecule has 4 amide bonds. The molecule has 8 heteroatoms. The zero-order chi connectivity index (χ0) is 21.0. The number of benzene rings is 1. The largest absolute Gasteiger partial charge is 0.496 e. The molecule has 0 unspecified atom stereocenters. The van der Waals surface area contributed by atoms with Crippen LogP contribution in [0.5, 0.6) is 5.75 Å². The molecule has 0 atom stereocenters. The number of rotatable bonds is 5. The van der Waals surface area contributed by atoms with Crippen LogP contribution >= 0.6 is 0 Å². The Balaban J connectivity index is 1.56. The van der Waals surface area contributed by atoms with Gasteiger partial charge in [-0.1, -0.05) is 18.2 Å². The molecule has 8 nitrogen and oxygen atoms in total. The van der Waals surface area contributed by atoms with Crippen molar-refractivity contribution >= 4 is 17.8 Å². The van der Waals surface area contributed by atoms with Crippen molar-refractivity contribution in [3.63, 3.8) is 0 Å². The van der Waals surface area contributed by atoms with Gasteiger partial charge in [-0.05, 0) is 32.8 Å². The monoisotopic (exact) mass is 402 g/mol. The number of hydrogen-bond acceptors (Lipinski definition) is 4. The molecule has 0 radical (unpaired) electrons. The van der Waals surface area contributed by atoms with Gasteiger partial charge < -0.3 is 24.8 Å². The average molecular weight is 402 g/mol. The second-order valence-corrected chi connectivity index (χ2v) is 7.86. The van der Waals surface area contributed by atoms with E-state index in [1.54, 1.807) is 21.8 Å². The summed E-state index contributed by atoms with van der Waals surface area (Å²) < 4.78 is 5.35. The molecule has 1 N–H and O–H groups in total. The number of ether oxygens (including phenoxy) is 1. The third kappa shape index (κ3) is 4.81. The van der Waals surface area contributed by atoms with Gasteiger partial charge in [-0.25, -0.2) is 4.79 Å². The van der Waals surface area contributed by atoms with Crippen molar-refractivity contribution in [2.75, 3.05) is 33.3 Å². The van der Waals surface area contributed by atoms with E-state index in [9.17, 15) is 14.4 Å². The van der Waals surface area contributed by atoms with Crippen LogP contribution in [0, 0.1) is 0 Å². The molecule has 1 aromatic carbocycles. The minimum atomic E-state index is -0.470. The van der Waals surface area contributed by atoms with Crippen molar-refractivity contribution in [3.05, 3.63) is 29.8 Å². The molecule has 29 heavy (non-hydrogen) atoms. The number of likely N-dealkylation sites (tertiary alicyclic amines) is 1. The van der Waals surface area contributed by atoms with E-state index in [1.807, 2.05) is 38.1 Å². The average Bonchev–Trinajstić information content (AvgIpc) is 2.71. The number of piperazine rings is 1. The number of para-hydroxylation sites is 1. The van der Waals surface area contributed by atoms with Crippen molar-refractivity contribution in [2.45, 2.75) is 45.3 Å². The molecule has 0 bridgehead atoms. The molecule has 0 saturated carbocycles. The maximum Gasteiger partial charge on any atom is 0.317 e. The molecule has 2 saturated heterocycles. The van der Waals surface area contributed by atoms with Gasteiger partial charge in [-0.15, -0.1) is 0 Å². The van der Waals surface area contributed by atoms with Crippen LogP contribution in [-0.2, 0) is 16.1 Å². The zero-order valence-corrected chi connectivity index (χ0v) is 17.4. The minimum absolute atomic E-state index is 0.00274. The predicted octanol–water partition coefficient (Wildman–Crippen LogP) is 1.45. The SMILES string of the molecule is COc1ccccc1CN1CCN(C2CCN(C(=O)NC(C)C)CC2)C(=O)C1=O. The molecule has 3 rings (SSSR count). The molecule has 2 aliphatic heterocycles. The lowest BCUT2D eigenvalue weighted by molar-refractivity contribution is -0.158. The number of hydrogen-bond donors (Lipinski definition) is 1. The highest BCUT2D eigenvalue weighted by atomic mass is 16.5. The van der Waals surface area contributed by atoms with Crippen molar-refractivity contribution in [1.29, 1.82) is 0 Å². The van der Waals surface area contributed by atoms with E-state index in [0.29, 0.717) is 51.3 Å². The number of carbonyl (C=O) groups is 3. The van der Waals surface area contributed by atoms with E-state index in [1.165, 1.54) is 0 Å². The smallest absolute Gasteiger partial charge is 0.317 e. The molecule has 2 fully saturated rings. The Labute approximate surface area is 171 Å². The Morgan fingerprint density at radius 3 is 2.45 bits per heavy atom. The Bertz CT molecular complexity index is 759. The summed E-state index contributed by atoms with van der Waals surface area (Å²) in [5, 5.41) is 2.90. The fourth-order valence-electron chi connectivity index (χ4n) is 3.95. The summed E-state index contributed by atoms with van der Waals surface area (Å²) in [4.78, 5) is 42.6. The summed E-state index contributed by atoms with van der Waals surface area (Å²) in [6.45, 7) is 6.41. The number of methoxy groups -OCH3 is 1. The number of piperidine rings is 1. The molecule has 1 aromatic rings. The van der Waals surface area contributed by atoms with Crippen LogP contribution in [0.2, 0.25) is 0 Å². The quantitative estimate of drug-likeness (QED) is 0.756. The van der Waals surface area contributed by atoms with Crippen LogP contribution in [0.3, 0.4) is 0 Å². The maximum absolute atomic E-state index is 12.8. The molecule has 2 aliphatic rings. The van der Waals surface area contributed by atoms with Gasteiger partial charge in [-0.3, -0.25) is 9.59 Å². The van der Waals surface area contributed by atoms with E-state index >= 15 is 0 Å². The lowest BCUT2D eigenvalue weighted by Gasteiger charge is -2.42. The lowest BCUT2D eigenvalue weighted by atomic mass is 10.0. The van der Waals surface area contributed by atoms with Crippen molar-refractivity contribution in [2.24, 2.45) is 0 Å². The minimum Gasteiger partial charge on any atom is -0.496 e. The molecule has 0 aliphatic carbocycles. The molecule has 2 heterocycles. The first-order valence-corrected chi connectivity index (χ1v) is 10.2. The number of nitrogens with zero attached hydrogens (tertiary/aromatic N) is 3. The van der Waals surface area contributed by atoms with Gasteiger partial charge in [0.15, 0.2) is 0 Å². The van der Waals surface area contributed by atoms with E-state index < -0.39 is 11.8 Å². The first-order valence-electron chi connectivity index (χ1n) is 10.2. The van der Waals surface area contributed by atoms with E-state index in [4.69, 9.17) is 4.74 Å². The van der Waals surface area contributed by atoms with Gasteiger partial charge in [-0.2, -0.15) is 0 Å².